The largest absolute Gasteiger partial charge is 0.481 e. The molecule has 1 aromatic rings. The molecule has 1 atom stereocenters. The van der Waals surface area contributed by atoms with E-state index in [2.05, 4.69) is 0 Å². The van der Waals surface area contributed by atoms with Gasteiger partial charge in [-0.05, 0) is 11.1 Å². The van der Waals surface area contributed by atoms with Gasteiger partial charge in [-0.3, -0.25) is 4.79 Å². The Morgan fingerprint density at radius 3 is 2.69 bits per heavy atom. The molecular formula is C11H13F2NO2. The summed E-state index contributed by atoms with van der Waals surface area (Å²) in [7, 11) is 0. The van der Waals surface area contributed by atoms with Gasteiger partial charge in [-0.25, -0.2) is 8.78 Å². The third-order valence-corrected chi connectivity index (χ3v) is 2.16. The third kappa shape index (κ3) is 3.94. The summed E-state index contributed by atoms with van der Waals surface area (Å²) < 4.78 is 24.3. The molecule has 0 saturated heterocycles. The van der Waals surface area contributed by atoms with Gasteiger partial charge in [0.05, 0.1) is 6.42 Å². The van der Waals surface area contributed by atoms with Crippen molar-refractivity contribution in [1.29, 1.82) is 0 Å². The predicted molar refractivity (Wildman–Crippen MR) is 55.3 cm³/mol. The van der Waals surface area contributed by atoms with Crippen LogP contribution in [0.2, 0.25) is 0 Å². The lowest BCUT2D eigenvalue weighted by Gasteiger charge is -2.10. The second-order valence-electron chi connectivity index (χ2n) is 3.54. The zero-order chi connectivity index (χ0) is 12.1. The quantitative estimate of drug-likeness (QED) is 0.811. The van der Waals surface area contributed by atoms with Crippen LogP contribution in [-0.2, 0) is 11.2 Å². The molecule has 5 heteroatoms. The third-order valence-electron chi connectivity index (χ3n) is 2.16. The lowest BCUT2D eigenvalue weighted by molar-refractivity contribution is -0.137. The Balaban J connectivity index is 2.77. The summed E-state index contributed by atoms with van der Waals surface area (Å²) in [4.78, 5) is 10.4. The normalized spacial score (nSPS) is 12.8. The van der Waals surface area contributed by atoms with Gasteiger partial charge in [0.25, 0.3) is 0 Å². The predicted octanol–water partition coefficient (Wildman–Crippen LogP) is 1.97. The van der Waals surface area contributed by atoms with E-state index in [1.165, 1.54) is 6.07 Å². The van der Waals surface area contributed by atoms with Crippen LogP contribution in [0.3, 0.4) is 0 Å². The number of hydrogen-bond donors (Lipinski definition) is 2. The van der Waals surface area contributed by atoms with E-state index in [9.17, 15) is 13.6 Å². The van der Waals surface area contributed by atoms with Gasteiger partial charge >= 0.3 is 5.97 Å². The van der Waals surface area contributed by atoms with Crippen molar-refractivity contribution >= 4 is 5.97 Å². The number of nitrogens with two attached hydrogens (primary N) is 1. The standard InChI is InChI=1S/C11H13F2NO2/c12-10(13)5-7-2-1-3-8(4-7)9(14)6-11(15)16/h1-4,9-10H,5-6,14H2,(H,15,16). The molecule has 1 unspecified atom stereocenters. The molecule has 0 aliphatic carbocycles. The zero-order valence-corrected chi connectivity index (χ0v) is 8.57. The number of benzene rings is 1. The van der Waals surface area contributed by atoms with Crippen molar-refractivity contribution in [2.75, 3.05) is 0 Å². The Hall–Kier alpha value is -1.49. The van der Waals surface area contributed by atoms with E-state index >= 15 is 0 Å². The first-order chi connectivity index (χ1) is 7.49. The van der Waals surface area contributed by atoms with E-state index in [-0.39, 0.29) is 12.8 Å². The molecule has 16 heavy (non-hydrogen) atoms. The number of hydrogen-bond acceptors (Lipinski definition) is 2. The summed E-state index contributed by atoms with van der Waals surface area (Å²) in [6.07, 6.45) is -2.96. The Morgan fingerprint density at radius 2 is 2.12 bits per heavy atom. The van der Waals surface area contributed by atoms with E-state index in [4.69, 9.17) is 10.8 Å². The minimum absolute atomic E-state index is 0.210. The van der Waals surface area contributed by atoms with Crippen molar-refractivity contribution in [1.82, 2.24) is 0 Å². The molecule has 1 aromatic carbocycles. The summed E-state index contributed by atoms with van der Waals surface area (Å²) in [6, 6.07) is 5.69. The molecule has 0 heterocycles. The van der Waals surface area contributed by atoms with Crippen molar-refractivity contribution in [3.05, 3.63) is 35.4 Å². The van der Waals surface area contributed by atoms with Crippen LogP contribution in [0, 0.1) is 0 Å². The lowest BCUT2D eigenvalue weighted by atomic mass is 10.0. The van der Waals surface area contributed by atoms with Gasteiger partial charge in [-0.2, -0.15) is 0 Å². The van der Waals surface area contributed by atoms with Crippen LogP contribution < -0.4 is 5.73 Å². The molecule has 0 aliphatic heterocycles. The summed E-state index contributed by atoms with van der Waals surface area (Å²) >= 11 is 0. The van der Waals surface area contributed by atoms with Crippen molar-refractivity contribution < 1.29 is 18.7 Å². The van der Waals surface area contributed by atoms with Gasteiger partial charge in [-0.1, -0.05) is 24.3 Å². The fourth-order valence-corrected chi connectivity index (χ4v) is 1.43. The summed E-state index contributed by atoms with van der Waals surface area (Å²) in [5.74, 6) is -1.01. The fraction of sp³-hybridized carbons (Fsp3) is 0.364. The smallest absolute Gasteiger partial charge is 0.305 e. The summed E-state index contributed by atoms with van der Waals surface area (Å²) in [5, 5.41) is 8.56. The fourth-order valence-electron chi connectivity index (χ4n) is 1.43. The second-order valence-corrected chi connectivity index (χ2v) is 3.54. The molecule has 0 spiro atoms. The van der Waals surface area contributed by atoms with Crippen molar-refractivity contribution in [2.24, 2.45) is 5.73 Å². The minimum atomic E-state index is -2.41. The first kappa shape index (κ1) is 12.6. The molecule has 0 radical (unpaired) electrons. The van der Waals surface area contributed by atoms with Gasteiger partial charge in [0.15, 0.2) is 0 Å². The molecular weight excluding hydrogens is 216 g/mol. The maximum absolute atomic E-state index is 12.1. The first-order valence-corrected chi connectivity index (χ1v) is 4.83. The molecule has 0 bridgehead atoms. The average Bonchev–Trinajstić information content (AvgIpc) is 2.16. The van der Waals surface area contributed by atoms with Gasteiger partial charge < -0.3 is 10.8 Å². The number of carbonyl (C=O) groups is 1. The Labute approximate surface area is 91.9 Å². The maximum atomic E-state index is 12.1. The minimum Gasteiger partial charge on any atom is -0.481 e. The topological polar surface area (TPSA) is 63.3 Å². The lowest BCUT2D eigenvalue weighted by Crippen LogP contribution is -2.15. The number of carboxylic acids is 1. The molecule has 3 N–H and O–H groups in total. The first-order valence-electron chi connectivity index (χ1n) is 4.83. The molecule has 0 aromatic heterocycles. The van der Waals surface area contributed by atoms with Crippen LogP contribution in [0.15, 0.2) is 24.3 Å². The van der Waals surface area contributed by atoms with Crippen molar-refractivity contribution in [3.8, 4) is 0 Å². The van der Waals surface area contributed by atoms with Crippen LogP contribution >= 0.6 is 0 Å². The molecule has 88 valence electrons. The van der Waals surface area contributed by atoms with E-state index < -0.39 is 18.4 Å². The molecule has 0 aliphatic rings. The van der Waals surface area contributed by atoms with Crippen molar-refractivity contribution in [3.63, 3.8) is 0 Å². The van der Waals surface area contributed by atoms with Crippen LogP contribution in [0.1, 0.15) is 23.6 Å². The zero-order valence-electron chi connectivity index (χ0n) is 8.57. The SMILES string of the molecule is NC(CC(=O)O)c1cccc(CC(F)F)c1. The van der Waals surface area contributed by atoms with Gasteiger partial charge in [0.2, 0.25) is 6.43 Å². The van der Waals surface area contributed by atoms with Gasteiger partial charge in [-0.15, -0.1) is 0 Å². The van der Waals surface area contributed by atoms with Crippen molar-refractivity contribution in [2.45, 2.75) is 25.3 Å². The second kappa shape index (κ2) is 5.55. The molecule has 3 nitrogen and oxygen atoms in total. The summed E-state index contributed by atoms with van der Waals surface area (Å²) in [5.41, 5.74) is 6.66. The Kier molecular flexibility index (Phi) is 4.37. The highest BCUT2D eigenvalue weighted by Crippen LogP contribution is 2.17. The van der Waals surface area contributed by atoms with E-state index in [0.717, 1.165) is 0 Å². The molecule has 0 amide bonds. The Bertz CT molecular complexity index is 369. The number of aliphatic carboxylic acids is 1. The maximum Gasteiger partial charge on any atom is 0.305 e. The van der Waals surface area contributed by atoms with E-state index in [1.807, 2.05) is 0 Å². The van der Waals surface area contributed by atoms with Crippen LogP contribution in [0.25, 0.3) is 0 Å². The van der Waals surface area contributed by atoms with Gasteiger partial charge in [0, 0.05) is 12.5 Å². The highest BCUT2D eigenvalue weighted by molar-refractivity contribution is 5.67. The van der Waals surface area contributed by atoms with E-state index in [0.29, 0.717) is 11.1 Å². The number of carboxylic acid groups (broad SMARTS) is 1. The average molecular weight is 229 g/mol. The summed E-state index contributed by atoms with van der Waals surface area (Å²) in [6.45, 7) is 0. The highest BCUT2D eigenvalue weighted by atomic mass is 19.3. The number of alkyl halides is 2. The molecule has 0 saturated carbocycles. The molecule has 1 rings (SSSR count). The highest BCUT2D eigenvalue weighted by Gasteiger charge is 2.12. The van der Waals surface area contributed by atoms with Crippen LogP contribution in [-0.4, -0.2) is 17.5 Å². The van der Waals surface area contributed by atoms with E-state index in [1.54, 1.807) is 18.2 Å². The van der Waals surface area contributed by atoms with Gasteiger partial charge in [0.1, 0.15) is 0 Å². The molecule has 0 fully saturated rings. The monoisotopic (exact) mass is 229 g/mol. The van der Waals surface area contributed by atoms with Crippen LogP contribution in [0.5, 0.6) is 0 Å². The van der Waals surface area contributed by atoms with Crippen LogP contribution in [0.4, 0.5) is 8.78 Å². The number of rotatable bonds is 5. The Morgan fingerprint density at radius 1 is 1.44 bits per heavy atom. The number of halogens is 2.